The van der Waals surface area contributed by atoms with Crippen molar-refractivity contribution in [2.75, 3.05) is 13.7 Å². The maximum atomic E-state index is 15.4. The average molecular weight is 1310 g/mol. The van der Waals surface area contributed by atoms with Crippen LogP contribution in [0.25, 0.3) is 0 Å². The first-order valence-electron chi connectivity index (χ1n) is 34.3. The summed E-state index contributed by atoms with van der Waals surface area (Å²) in [6.45, 7) is 69.9. The summed E-state index contributed by atoms with van der Waals surface area (Å²) in [7, 11) is -10.1. The molecule has 8 aliphatic heterocycles. The monoisotopic (exact) mass is 1300 g/mol. The van der Waals surface area contributed by atoms with Gasteiger partial charge in [0.2, 0.25) is 0 Å². The lowest BCUT2D eigenvalue weighted by Gasteiger charge is -2.56. The normalized spacial score (nSPS) is 34.8. The third-order valence-corrected chi connectivity index (χ3v) is 46.0. The number of methoxy groups -OCH3 is 1. The van der Waals surface area contributed by atoms with Gasteiger partial charge < -0.3 is 50.6 Å². The second-order valence-electron chi connectivity index (χ2n) is 35.5. The Labute approximate surface area is 538 Å². The summed E-state index contributed by atoms with van der Waals surface area (Å²) in [4.78, 5) is 15.4. The summed E-state index contributed by atoms with van der Waals surface area (Å²) in [5.41, 5.74) is 2.27. The maximum Gasteiger partial charge on any atom is 0.193 e. The minimum Gasteiger partial charge on any atom is -0.414 e. The minimum atomic E-state index is -2.52. The largest absolute Gasteiger partial charge is 0.414 e. The van der Waals surface area contributed by atoms with Gasteiger partial charge in [-0.2, -0.15) is 0 Å². The Hall–Kier alpha value is -0.466. The van der Waals surface area contributed by atoms with Crippen LogP contribution in [0.3, 0.4) is 0 Å². The molecule has 12 nitrogen and oxygen atoms in total. The number of carbonyl (C=O) groups is 1. The van der Waals surface area contributed by atoms with E-state index in [9.17, 15) is 0 Å². The van der Waals surface area contributed by atoms with Crippen LogP contribution in [-0.2, 0) is 55.3 Å². The van der Waals surface area contributed by atoms with Gasteiger partial charge in [-0.1, -0.05) is 136 Å². The van der Waals surface area contributed by atoms with E-state index in [1.165, 1.54) is 5.57 Å². The molecule has 0 aromatic heterocycles. The molecule has 504 valence electrons. The predicted octanol–water partition coefficient (Wildman–Crippen LogP) is 18.0. The molecule has 5 fully saturated rings. The van der Waals surface area contributed by atoms with Gasteiger partial charge in [-0.3, -0.25) is 4.79 Å². The van der Waals surface area contributed by atoms with Crippen LogP contribution in [-0.4, -0.2) is 153 Å². The van der Waals surface area contributed by atoms with Gasteiger partial charge in [0.15, 0.2) is 41.6 Å². The van der Waals surface area contributed by atoms with Crippen LogP contribution in [0.5, 0.6) is 0 Å². The van der Waals surface area contributed by atoms with Gasteiger partial charge in [0.05, 0.1) is 73.8 Å². The zero-order valence-electron chi connectivity index (χ0n) is 60.7. The van der Waals surface area contributed by atoms with Gasteiger partial charge in [0.1, 0.15) is 30.2 Å². The second-order valence-corrected chi connectivity index (χ2v) is 59.4. The van der Waals surface area contributed by atoms with Crippen molar-refractivity contribution in [3.63, 3.8) is 0 Å². The fourth-order valence-electron chi connectivity index (χ4n) is 12.6. The van der Waals surface area contributed by atoms with Crippen LogP contribution in [0.15, 0.2) is 36.5 Å². The topological polar surface area (TPSA) is 119 Å². The van der Waals surface area contributed by atoms with E-state index in [0.29, 0.717) is 25.9 Å². The smallest absolute Gasteiger partial charge is 0.193 e. The van der Waals surface area contributed by atoms with Gasteiger partial charge in [-0.15, -0.1) is 0 Å². The first-order valence-corrected chi connectivity index (χ1v) is 48.8. The lowest BCUT2D eigenvalue weighted by Crippen LogP contribution is -2.69. The Kier molecular flexibility index (Phi) is 24.7. The molecule has 8 bridgehead atoms. The highest BCUT2D eigenvalue weighted by atomic mass is 28.4. The molecule has 8 rings (SSSR count). The Morgan fingerprint density at radius 2 is 1.08 bits per heavy atom. The highest BCUT2D eigenvalue weighted by Gasteiger charge is 2.59. The fourth-order valence-corrected chi connectivity index (χ4v) is 18.8. The van der Waals surface area contributed by atoms with E-state index < -0.39 is 72.1 Å². The SMILES string of the molecule is C=C1CC2CCC/C=C/C(O[Si](C)(C)C(C)(C)C)C3O[C@H]4CCC(CC(=O)CC5[C@H](CC6OC(CCC1O2)C[C@@H](C)C6=C)O[C@H](C[C@@H](CO[Si](C)(C)C(C)(C)C)O[Si](C)(C)C(C)(C)C)[C@@H]5OC)O[C@@H]4C(O[Si](C)(C)C(C)(C)C)C3O[Si](C)(C)C(C)(C)C. The van der Waals surface area contributed by atoms with Crippen LogP contribution in [0.4, 0.5) is 0 Å². The van der Waals surface area contributed by atoms with Crippen LogP contribution in [0, 0.1) is 11.8 Å². The molecule has 0 aliphatic carbocycles. The van der Waals surface area contributed by atoms with Crippen molar-refractivity contribution in [1.82, 2.24) is 0 Å². The molecule has 8 heterocycles. The summed E-state index contributed by atoms with van der Waals surface area (Å²) >= 11 is 0. The van der Waals surface area contributed by atoms with Crippen LogP contribution >= 0.6 is 0 Å². The first kappa shape index (κ1) is 75.6. The third kappa shape index (κ3) is 18.7. The van der Waals surface area contributed by atoms with Crippen LogP contribution in [0.1, 0.15) is 194 Å². The van der Waals surface area contributed by atoms with E-state index in [1.54, 1.807) is 7.11 Å². The number of ether oxygens (including phenoxy) is 6. The van der Waals surface area contributed by atoms with E-state index in [1.807, 2.05) is 0 Å². The predicted molar refractivity (Wildman–Crippen MR) is 371 cm³/mol. The van der Waals surface area contributed by atoms with Crippen molar-refractivity contribution < 1.29 is 55.3 Å². The Balaban J connectivity index is 1.44. The number of fused-ring (bicyclic) bond motifs is 2. The summed E-state index contributed by atoms with van der Waals surface area (Å²) in [6.07, 6.45) is 9.76. The van der Waals surface area contributed by atoms with Crippen molar-refractivity contribution in [3.8, 4) is 0 Å². The van der Waals surface area contributed by atoms with Crippen molar-refractivity contribution >= 4 is 47.4 Å². The molecule has 0 radical (unpaired) electrons. The zero-order chi connectivity index (χ0) is 65.6. The van der Waals surface area contributed by atoms with Crippen molar-refractivity contribution in [1.29, 1.82) is 0 Å². The van der Waals surface area contributed by atoms with E-state index in [0.717, 1.165) is 56.9 Å². The van der Waals surface area contributed by atoms with Gasteiger partial charge in [-0.25, -0.2) is 0 Å². The van der Waals surface area contributed by atoms with E-state index in [4.69, 9.17) is 57.1 Å². The van der Waals surface area contributed by atoms with Gasteiger partial charge in [-0.05, 0) is 166 Å². The van der Waals surface area contributed by atoms with Gasteiger partial charge in [0.25, 0.3) is 0 Å². The molecule has 8 aliphatic rings. The van der Waals surface area contributed by atoms with Crippen molar-refractivity contribution in [3.05, 3.63) is 36.5 Å². The van der Waals surface area contributed by atoms with Crippen molar-refractivity contribution in [2.24, 2.45) is 11.8 Å². The molecule has 0 aromatic rings. The minimum absolute atomic E-state index is 0.00116. The standard InChI is InChI=1S/C70H132O12Si5/c1-46-39-51-35-37-55-47(2)40-50(74-55)33-31-30-32-34-57(80-85(24,25)68(10,11)12)63-65(82-87(28,29)70(16,17)18)64(81-86(26,27)69(13,14)15)62-56(78-63)38-36-52(76-62)41-49(71)42-54-59(44-58(75-51)48(46)3)77-60(61(54)72-19)43-53(79-84(22,23)67(7,8)9)45-73-83(20,21)66(4,5)6/h32,34,46,50-65H,2-3,30-31,33,35-45H2,1,4-29H3/b34-32+/t46-,50?,51?,52?,53+,54?,55?,56+,57?,58?,59+,60-,61-,62+,63?,64?,65?/m1/s1. The molecule has 0 spiro atoms. The molecular weight excluding hydrogens is 1170 g/mol. The number of carbonyl (C=O) groups excluding carboxylic acids is 1. The molecule has 0 N–H and O–H groups in total. The van der Waals surface area contributed by atoms with E-state index >= 15 is 4.79 Å². The van der Waals surface area contributed by atoms with Crippen molar-refractivity contribution in [2.45, 2.75) is 376 Å². The third-order valence-electron chi connectivity index (χ3n) is 23.6. The molecule has 5 saturated heterocycles. The molecular formula is C70H132O12Si5. The Morgan fingerprint density at radius 1 is 0.552 bits per heavy atom. The number of hydrogen-bond acceptors (Lipinski definition) is 12. The Bertz CT molecular complexity index is 2320. The molecule has 0 amide bonds. The lowest BCUT2D eigenvalue weighted by molar-refractivity contribution is -0.266. The lowest BCUT2D eigenvalue weighted by atomic mass is 9.81. The number of rotatable bonds is 14. The number of ketones is 1. The molecule has 17 heteroatoms. The number of Topliss-reactive ketones (excluding diaryl/α,β-unsaturated/α-hetero) is 1. The maximum absolute atomic E-state index is 15.4. The molecule has 0 aromatic carbocycles. The summed E-state index contributed by atoms with van der Waals surface area (Å²) in [6, 6.07) is 0. The zero-order valence-corrected chi connectivity index (χ0v) is 65.7. The fraction of sp³-hybridized carbons (Fsp3) is 0.900. The van der Waals surface area contributed by atoms with E-state index in [-0.39, 0.29) is 117 Å². The van der Waals surface area contributed by atoms with E-state index in [2.05, 4.69) is 195 Å². The van der Waals surface area contributed by atoms with Gasteiger partial charge in [0, 0.05) is 38.7 Å². The Morgan fingerprint density at radius 3 is 1.64 bits per heavy atom. The van der Waals surface area contributed by atoms with Crippen LogP contribution in [0.2, 0.25) is 90.7 Å². The number of allylic oxidation sites excluding steroid dienone is 1. The molecule has 10 unspecified atom stereocenters. The summed E-state index contributed by atoms with van der Waals surface area (Å²) < 4.78 is 80.8. The quantitative estimate of drug-likeness (QED) is 0.122. The molecule has 17 atom stereocenters. The molecule has 87 heavy (non-hydrogen) atoms. The highest BCUT2D eigenvalue weighted by Crippen LogP contribution is 2.50. The summed E-state index contributed by atoms with van der Waals surface area (Å²) in [5.74, 6) is 0.145. The number of hydrogen-bond donors (Lipinski definition) is 0. The second kappa shape index (κ2) is 28.5. The first-order chi connectivity index (χ1) is 39.6. The molecule has 0 saturated carbocycles. The van der Waals surface area contributed by atoms with Gasteiger partial charge >= 0.3 is 0 Å². The summed E-state index contributed by atoms with van der Waals surface area (Å²) in [5, 5.41) is -0.254. The highest BCUT2D eigenvalue weighted by molar-refractivity contribution is 6.76. The van der Waals surface area contributed by atoms with Crippen LogP contribution < -0.4 is 0 Å². The average Bonchev–Trinajstić information content (AvgIpc) is 1.37.